The van der Waals surface area contributed by atoms with Crippen molar-refractivity contribution >= 4 is 77.0 Å². The Labute approximate surface area is 423 Å². The predicted octanol–water partition coefficient (Wildman–Crippen LogP) is -8.06. The number of amides is 10. The zero-order valence-corrected chi connectivity index (χ0v) is 41.0. The lowest BCUT2D eigenvalue weighted by Gasteiger charge is -2.28. The van der Waals surface area contributed by atoms with Crippen molar-refractivity contribution in [2.24, 2.45) is 39.6 Å². The molecule has 0 aromatic heterocycles. The summed E-state index contributed by atoms with van der Waals surface area (Å²) in [5.41, 5.74) is 27.8. The molecule has 0 saturated carbocycles. The van der Waals surface area contributed by atoms with E-state index in [1.807, 2.05) is 16.0 Å². The molecule has 0 unspecified atom stereocenters. The summed E-state index contributed by atoms with van der Waals surface area (Å²) in [4.78, 5) is 159. The van der Waals surface area contributed by atoms with Crippen molar-refractivity contribution in [1.82, 2.24) is 42.5 Å². The molecule has 0 bridgehead atoms. The number of nitrogens with zero attached hydrogens (tertiary/aromatic N) is 1. The van der Waals surface area contributed by atoms with Gasteiger partial charge in [0.05, 0.1) is 38.0 Å². The molecule has 0 aliphatic heterocycles. The molecule has 0 fully saturated rings. The number of aliphatic carboxylic acids is 2. The van der Waals surface area contributed by atoms with Gasteiger partial charge in [0.15, 0.2) is 5.96 Å². The number of benzene rings is 1. The van der Waals surface area contributed by atoms with Crippen LogP contribution in [-0.2, 0) is 64.0 Å². The molecule has 1 rings (SSSR count). The highest BCUT2D eigenvalue weighted by molar-refractivity contribution is 6.00. The highest BCUT2D eigenvalue weighted by atomic mass is 16.4. The normalized spacial score (nSPS) is 15.0. The summed E-state index contributed by atoms with van der Waals surface area (Å²) < 4.78 is 0. The van der Waals surface area contributed by atoms with E-state index in [4.69, 9.17) is 28.7 Å². The number of carbonyl (C=O) groups is 12. The Balaban J connectivity index is 3.32. The monoisotopic (exact) mass is 1050 g/mol. The van der Waals surface area contributed by atoms with Crippen LogP contribution in [0, 0.1) is 5.92 Å². The quantitative estimate of drug-likeness (QED) is 0.0177. The molecule has 0 saturated heterocycles. The molecule has 1 aromatic rings. The number of aliphatic hydroxyl groups excluding tert-OH is 2. The first-order chi connectivity index (χ1) is 34.4. The van der Waals surface area contributed by atoms with Crippen LogP contribution in [0.5, 0.6) is 5.75 Å². The molecule has 0 spiro atoms. The molecule has 1 aromatic carbocycles. The zero-order valence-electron chi connectivity index (χ0n) is 41.0. The van der Waals surface area contributed by atoms with Gasteiger partial charge in [0, 0.05) is 6.54 Å². The summed E-state index contributed by atoms with van der Waals surface area (Å²) in [6.45, 7) is 4.49. The van der Waals surface area contributed by atoms with Crippen molar-refractivity contribution in [1.29, 1.82) is 0 Å². The van der Waals surface area contributed by atoms with Gasteiger partial charge in [-0.05, 0) is 63.1 Å². The third-order valence-electron chi connectivity index (χ3n) is 10.3. The number of guanidine groups is 1. The van der Waals surface area contributed by atoms with Gasteiger partial charge in [0.2, 0.25) is 59.1 Å². The van der Waals surface area contributed by atoms with Gasteiger partial charge in [-0.2, -0.15) is 0 Å². The third-order valence-corrected chi connectivity index (χ3v) is 10.3. The summed E-state index contributed by atoms with van der Waals surface area (Å²) in [6.07, 6.45) is -5.07. The maximum Gasteiger partial charge on any atom is 0.328 e. The molecule has 0 radical (unpaired) electrons. The summed E-state index contributed by atoms with van der Waals surface area (Å²) in [7, 11) is 0. The number of aliphatic hydroxyl groups is 2. The minimum absolute atomic E-state index is 0.0337. The van der Waals surface area contributed by atoms with Gasteiger partial charge >= 0.3 is 11.9 Å². The molecule has 10 atom stereocenters. The number of carboxylic acids is 2. The Morgan fingerprint density at radius 1 is 0.568 bits per heavy atom. The topological polar surface area (TPSA) is 545 Å². The Morgan fingerprint density at radius 2 is 1.01 bits per heavy atom. The van der Waals surface area contributed by atoms with Crippen LogP contribution < -0.4 is 71.2 Å². The minimum Gasteiger partial charge on any atom is -0.508 e. The van der Waals surface area contributed by atoms with Crippen LogP contribution in [0.2, 0.25) is 0 Å². The van der Waals surface area contributed by atoms with Gasteiger partial charge in [-0.15, -0.1) is 0 Å². The molecule has 10 amide bonds. The number of aromatic hydroxyl groups is 1. The van der Waals surface area contributed by atoms with Crippen LogP contribution in [0.4, 0.5) is 0 Å². The number of phenols is 1. The smallest absolute Gasteiger partial charge is 0.328 e. The number of aliphatic imine (C=N–C) groups is 1. The second-order valence-electron chi connectivity index (χ2n) is 17.3. The van der Waals surface area contributed by atoms with Crippen molar-refractivity contribution in [2.45, 2.75) is 133 Å². The van der Waals surface area contributed by atoms with Crippen LogP contribution in [0.25, 0.3) is 0 Å². The van der Waals surface area contributed by atoms with Crippen molar-refractivity contribution in [2.75, 3.05) is 13.2 Å². The van der Waals surface area contributed by atoms with Crippen molar-refractivity contribution in [3.63, 3.8) is 0 Å². The van der Waals surface area contributed by atoms with E-state index in [0.717, 1.165) is 13.8 Å². The summed E-state index contributed by atoms with van der Waals surface area (Å²) in [5, 5.41) is 65.8. The lowest BCUT2D eigenvalue weighted by Crippen LogP contribution is -2.61. The number of nitrogens with one attached hydrogen (secondary N) is 8. The molecule has 0 aliphatic carbocycles. The first kappa shape index (κ1) is 63.8. The number of primary amides is 2. The fourth-order valence-electron chi connectivity index (χ4n) is 6.54. The van der Waals surface area contributed by atoms with Gasteiger partial charge in [-0.1, -0.05) is 26.0 Å². The minimum atomic E-state index is -2.13. The molecule has 412 valence electrons. The molecule has 0 heterocycles. The standard InChI is InChI=1S/C43H68N14O17/c1-18(2)12-25(55-41(72)33(20(4)59)57-35(66)23(44)13-21-7-9-22(60)10-8-21)38(69)53-27(15-31(46)62)39(70)54-28(16-32(63)64)40(71)52-26(14-30(45)61)37(68)50-19(3)34(65)51-24(6-5-11-49-43(47)48)36(67)56-29(17-58)42(73)74/h7-10,18-20,23-29,33,58-60H,5-6,11-17,44H2,1-4H3,(H2,45,61)(H2,46,62)(H,50,68)(H,51,65)(H,52,71)(H,53,69)(H,54,70)(H,55,72)(H,56,67)(H,57,66)(H,63,64)(H,73,74)(H4,47,48,49)/t19-,20+,23-,24-,25-,26-,27-,28-,29-,33-/m0/s1. The number of rotatable bonds is 33. The van der Waals surface area contributed by atoms with Gasteiger partial charge in [0.1, 0.15) is 54.1 Å². The first-order valence-electron chi connectivity index (χ1n) is 22.8. The SMILES string of the molecule is CC(C)C[C@H](NC(=O)[C@@H](NC(=O)[C@@H](N)Cc1ccc(O)cc1)[C@@H](C)O)C(=O)N[C@@H](CC(N)=O)C(=O)N[C@@H](CC(=O)O)C(=O)N[C@@H](CC(N)=O)C(=O)N[C@@H](C)C(=O)N[C@@H](CCCN=C(N)N)C(=O)N[C@@H](CO)C(=O)O. The molecular weight excluding hydrogens is 985 g/mol. The van der Waals surface area contributed by atoms with Crippen LogP contribution in [0.15, 0.2) is 29.3 Å². The van der Waals surface area contributed by atoms with Gasteiger partial charge in [-0.3, -0.25) is 57.7 Å². The van der Waals surface area contributed by atoms with E-state index < -0.39 is 157 Å². The molecular formula is C43H68N14O17. The van der Waals surface area contributed by atoms with Crippen LogP contribution in [0.1, 0.15) is 71.8 Å². The Kier molecular flexibility index (Phi) is 27.0. The molecule has 0 aliphatic rings. The van der Waals surface area contributed by atoms with E-state index in [0.29, 0.717) is 5.56 Å². The number of phenolic OH excluding ortho intramolecular Hbond substituents is 1. The largest absolute Gasteiger partial charge is 0.508 e. The fourth-order valence-corrected chi connectivity index (χ4v) is 6.54. The van der Waals surface area contributed by atoms with E-state index >= 15 is 0 Å². The van der Waals surface area contributed by atoms with E-state index in [-0.39, 0.29) is 49.9 Å². The predicted molar refractivity (Wildman–Crippen MR) is 257 cm³/mol. The van der Waals surface area contributed by atoms with E-state index in [2.05, 4.69) is 31.6 Å². The summed E-state index contributed by atoms with van der Waals surface area (Å²) in [6, 6.07) is -9.65. The van der Waals surface area contributed by atoms with E-state index in [1.54, 1.807) is 13.8 Å². The lowest BCUT2D eigenvalue weighted by atomic mass is 10.0. The average Bonchev–Trinajstić information content (AvgIpc) is 3.29. The van der Waals surface area contributed by atoms with Gasteiger partial charge < -0.3 is 96.7 Å². The highest BCUT2D eigenvalue weighted by Crippen LogP contribution is 2.12. The van der Waals surface area contributed by atoms with Crippen molar-refractivity contribution < 1.29 is 83.1 Å². The van der Waals surface area contributed by atoms with Crippen LogP contribution in [-0.4, -0.2) is 176 Å². The maximum absolute atomic E-state index is 13.8. The highest BCUT2D eigenvalue weighted by Gasteiger charge is 2.37. The lowest BCUT2D eigenvalue weighted by molar-refractivity contribution is -0.143. The Bertz CT molecular complexity index is 2210. The van der Waals surface area contributed by atoms with Gasteiger partial charge in [-0.25, -0.2) is 4.79 Å². The summed E-state index contributed by atoms with van der Waals surface area (Å²) in [5.74, 6) is -15.8. The van der Waals surface area contributed by atoms with Crippen molar-refractivity contribution in [3.8, 4) is 5.75 Å². The molecule has 31 heteroatoms. The first-order valence-corrected chi connectivity index (χ1v) is 22.8. The zero-order chi connectivity index (χ0) is 56.6. The number of hydrogen-bond donors (Lipinski definition) is 18. The molecule has 23 N–H and O–H groups in total. The summed E-state index contributed by atoms with van der Waals surface area (Å²) >= 11 is 0. The van der Waals surface area contributed by atoms with Gasteiger partial charge in [0.25, 0.3) is 0 Å². The molecule has 31 nitrogen and oxygen atoms in total. The Morgan fingerprint density at radius 3 is 1.46 bits per heavy atom. The second-order valence-corrected chi connectivity index (χ2v) is 17.3. The average molecular weight is 1050 g/mol. The fraction of sp³-hybridized carbons (Fsp3) is 0.558. The van der Waals surface area contributed by atoms with Crippen LogP contribution >= 0.6 is 0 Å². The maximum atomic E-state index is 13.8. The van der Waals surface area contributed by atoms with Crippen LogP contribution in [0.3, 0.4) is 0 Å². The third kappa shape index (κ3) is 23.8. The molecule has 74 heavy (non-hydrogen) atoms. The Hall–Kier alpha value is -8.19. The number of hydrogen-bond acceptors (Lipinski definition) is 17. The number of nitrogens with two attached hydrogens (primary N) is 5. The van der Waals surface area contributed by atoms with E-state index in [1.165, 1.54) is 24.3 Å². The number of carbonyl (C=O) groups excluding carboxylic acids is 10. The number of carboxylic acid groups (broad SMARTS) is 2. The van der Waals surface area contributed by atoms with Crippen molar-refractivity contribution in [3.05, 3.63) is 29.8 Å². The van der Waals surface area contributed by atoms with E-state index in [9.17, 15) is 83.1 Å². The second kappa shape index (κ2) is 31.3.